The molecule has 1 heterocycles. The highest BCUT2D eigenvalue weighted by Gasteiger charge is 1.92. The van der Waals surface area contributed by atoms with Crippen LogP contribution in [0.25, 0.3) is 5.70 Å². The summed E-state index contributed by atoms with van der Waals surface area (Å²) in [5.74, 6) is 0. The maximum Gasteiger partial charge on any atom is 0.0785 e. The zero-order valence-corrected chi connectivity index (χ0v) is 9.61. The van der Waals surface area contributed by atoms with Crippen molar-refractivity contribution >= 4 is 21.6 Å². The van der Waals surface area contributed by atoms with Crippen molar-refractivity contribution in [2.45, 2.75) is 13.3 Å². The van der Waals surface area contributed by atoms with Crippen molar-refractivity contribution in [3.8, 4) is 0 Å². The van der Waals surface area contributed by atoms with Crippen molar-refractivity contribution in [3.05, 3.63) is 41.7 Å². The number of allylic oxidation sites excluding steroid dienone is 5. The monoisotopic (exact) mass is 253 g/mol. The van der Waals surface area contributed by atoms with E-state index in [-0.39, 0.29) is 0 Å². The zero-order chi connectivity index (χ0) is 10.4. The van der Waals surface area contributed by atoms with Crippen molar-refractivity contribution in [1.82, 2.24) is 15.0 Å². The molecule has 1 aromatic rings. The topological polar surface area (TPSA) is 30.7 Å². The molecule has 1 rings (SSSR count). The van der Waals surface area contributed by atoms with Crippen molar-refractivity contribution in [2.75, 3.05) is 0 Å². The number of aromatic nitrogens is 3. The second kappa shape index (κ2) is 5.54. The van der Waals surface area contributed by atoms with Crippen LogP contribution in [0.3, 0.4) is 0 Å². The first-order valence-corrected chi connectivity index (χ1v) is 5.12. The van der Waals surface area contributed by atoms with Crippen LogP contribution in [0.1, 0.15) is 13.3 Å². The van der Waals surface area contributed by atoms with Gasteiger partial charge in [-0.15, -0.1) is 0 Å². The summed E-state index contributed by atoms with van der Waals surface area (Å²) in [6.07, 6.45) is 10.1. The van der Waals surface area contributed by atoms with Crippen molar-refractivity contribution in [2.24, 2.45) is 0 Å². The Morgan fingerprint density at radius 1 is 1.43 bits per heavy atom. The SMILES string of the molecule is C=C(/C=C\C(Br)=C/CC)n1nccn1. The third kappa shape index (κ3) is 3.30. The molecule has 0 atom stereocenters. The van der Waals surface area contributed by atoms with Crippen molar-refractivity contribution in [1.29, 1.82) is 0 Å². The van der Waals surface area contributed by atoms with Gasteiger partial charge in [-0.05, 0) is 18.6 Å². The van der Waals surface area contributed by atoms with Crippen LogP contribution in [0.2, 0.25) is 0 Å². The van der Waals surface area contributed by atoms with Crippen LogP contribution in [0, 0.1) is 0 Å². The Bertz CT molecular complexity index is 349. The summed E-state index contributed by atoms with van der Waals surface area (Å²) in [7, 11) is 0. The minimum Gasteiger partial charge on any atom is -0.157 e. The third-order valence-electron chi connectivity index (χ3n) is 1.51. The molecule has 0 aromatic carbocycles. The molecular formula is C10H12BrN3. The molecular weight excluding hydrogens is 242 g/mol. The lowest BCUT2D eigenvalue weighted by Gasteiger charge is -1.96. The van der Waals surface area contributed by atoms with Gasteiger partial charge in [-0.25, -0.2) is 0 Å². The van der Waals surface area contributed by atoms with Gasteiger partial charge >= 0.3 is 0 Å². The summed E-state index contributed by atoms with van der Waals surface area (Å²) in [5.41, 5.74) is 0.733. The molecule has 0 aliphatic carbocycles. The highest BCUT2D eigenvalue weighted by atomic mass is 79.9. The highest BCUT2D eigenvalue weighted by molar-refractivity contribution is 9.11. The lowest BCUT2D eigenvalue weighted by Crippen LogP contribution is -1.96. The predicted octanol–water partition coefficient (Wildman–Crippen LogP) is 2.99. The molecule has 0 saturated heterocycles. The van der Waals surface area contributed by atoms with Crippen LogP contribution in [0.15, 0.2) is 41.7 Å². The van der Waals surface area contributed by atoms with Crippen LogP contribution in [0.4, 0.5) is 0 Å². The van der Waals surface area contributed by atoms with E-state index in [0.29, 0.717) is 0 Å². The number of halogens is 1. The molecule has 4 heteroatoms. The molecule has 74 valence electrons. The van der Waals surface area contributed by atoms with Crippen LogP contribution in [-0.2, 0) is 0 Å². The normalized spacial score (nSPS) is 12.3. The molecule has 0 aliphatic heterocycles. The van der Waals surface area contributed by atoms with Crippen LogP contribution >= 0.6 is 15.9 Å². The Morgan fingerprint density at radius 3 is 2.64 bits per heavy atom. The molecule has 0 radical (unpaired) electrons. The Kier molecular flexibility index (Phi) is 4.32. The van der Waals surface area contributed by atoms with Crippen molar-refractivity contribution < 1.29 is 0 Å². The first kappa shape index (κ1) is 10.9. The third-order valence-corrected chi connectivity index (χ3v) is 2.10. The van der Waals surface area contributed by atoms with Gasteiger partial charge in [0.2, 0.25) is 0 Å². The first-order valence-electron chi connectivity index (χ1n) is 4.33. The highest BCUT2D eigenvalue weighted by Crippen LogP contribution is 2.10. The van der Waals surface area contributed by atoms with Crippen LogP contribution in [-0.4, -0.2) is 15.0 Å². The molecule has 0 unspecified atom stereocenters. The largest absolute Gasteiger partial charge is 0.157 e. The molecule has 3 nitrogen and oxygen atoms in total. The lowest BCUT2D eigenvalue weighted by molar-refractivity contribution is 0.778. The Morgan fingerprint density at radius 2 is 2.07 bits per heavy atom. The molecule has 0 saturated carbocycles. The van der Waals surface area contributed by atoms with Gasteiger partial charge in [-0.2, -0.15) is 15.0 Å². The second-order valence-corrected chi connectivity index (χ2v) is 3.56. The van der Waals surface area contributed by atoms with Gasteiger partial charge in [-0.1, -0.05) is 35.5 Å². The van der Waals surface area contributed by atoms with E-state index in [1.165, 1.54) is 4.80 Å². The minimum absolute atomic E-state index is 0.733. The van der Waals surface area contributed by atoms with Gasteiger partial charge in [0.05, 0.1) is 18.1 Å². The molecule has 0 bridgehead atoms. The maximum atomic E-state index is 3.96. The van der Waals surface area contributed by atoms with Crippen LogP contribution in [0.5, 0.6) is 0 Å². The Hall–Kier alpha value is -1.16. The molecule has 1 aromatic heterocycles. The minimum atomic E-state index is 0.733. The fraction of sp³-hybridized carbons (Fsp3) is 0.200. The average Bonchev–Trinajstić information content (AvgIpc) is 2.67. The van der Waals surface area contributed by atoms with Gasteiger partial charge in [0, 0.05) is 4.48 Å². The van der Waals surface area contributed by atoms with Gasteiger partial charge < -0.3 is 0 Å². The van der Waals surface area contributed by atoms with E-state index >= 15 is 0 Å². The lowest BCUT2D eigenvalue weighted by atomic mass is 10.3. The van der Waals surface area contributed by atoms with Crippen LogP contribution < -0.4 is 0 Å². The summed E-state index contributed by atoms with van der Waals surface area (Å²) < 4.78 is 1.04. The molecule has 0 aliphatic rings. The summed E-state index contributed by atoms with van der Waals surface area (Å²) in [6, 6.07) is 0. The number of rotatable bonds is 4. The van der Waals surface area contributed by atoms with E-state index in [1.54, 1.807) is 12.4 Å². The number of nitrogens with zero attached hydrogens (tertiary/aromatic N) is 3. The van der Waals surface area contributed by atoms with E-state index in [2.05, 4.69) is 45.7 Å². The fourth-order valence-electron chi connectivity index (χ4n) is 0.870. The van der Waals surface area contributed by atoms with Gasteiger partial charge in [0.15, 0.2) is 0 Å². The van der Waals surface area contributed by atoms with E-state index in [4.69, 9.17) is 0 Å². The summed E-state index contributed by atoms with van der Waals surface area (Å²) in [6.45, 7) is 5.91. The van der Waals surface area contributed by atoms with E-state index in [0.717, 1.165) is 16.6 Å². The molecule has 0 amide bonds. The fourth-order valence-corrected chi connectivity index (χ4v) is 1.33. The van der Waals surface area contributed by atoms with Gasteiger partial charge in [0.1, 0.15) is 0 Å². The number of hydrogen-bond acceptors (Lipinski definition) is 2. The Balaban J connectivity index is 2.62. The summed E-state index contributed by atoms with van der Waals surface area (Å²) >= 11 is 3.41. The second-order valence-electron chi connectivity index (χ2n) is 2.64. The molecule has 14 heavy (non-hydrogen) atoms. The molecule has 0 N–H and O–H groups in total. The molecule has 0 spiro atoms. The van der Waals surface area contributed by atoms with E-state index in [1.807, 2.05) is 12.2 Å². The summed E-state index contributed by atoms with van der Waals surface area (Å²) in [5, 5.41) is 7.92. The van der Waals surface area contributed by atoms with Gasteiger partial charge in [0.25, 0.3) is 0 Å². The zero-order valence-electron chi connectivity index (χ0n) is 8.02. The predicted molar refractivity (Wildman–Crippen MR) is 61.8 cm³/mol. The quantitative estimate of drug-likeness (QED) is 0.773. The smallest absolute Gasteiger partial charge is 0.0785 e. The van der Waals surface area contributed by atoms with Crippen molar-refractivity contribution in [3.63, 3.8) is 0 Å². The number of hydrogen-bond donors (Lipinski definition) is 0. The average molecular weight is 254 g/mol. The van der Waals surface area contributed by atoms with E-state index in [9.17, 15) is 0 Å². The Labute approximate surface area is 91.9 Å². The standard InChI is InChI=1S/C10H12BrN3/c1-3-4-10(11)6-5-9(2)14-12-7-8-13-14/h4-8H,2-3H2,1H3/b6-5-,10-4+. The molecule has 0 fully saturated rings. The summed E-state index contributed by atoms with van der Waals surface area (Å²) in [4.78, 5) is 1.47. The van der Waals surface area contributed by atoms with E-state index < -0.39 is 0 Å². The maximum absolute atomic E-state index is 3.96. The van der Waals surface area contributed by atoms with Gasteiger partial charge in [-0.3, -0.25) is 0 Å². The first-order chi connectivity index (χ1) is 6.74.